The van der Waals surface area contributed by atoms with Crippen LogP contribution < -0.4 is 17.2 Å². The molecule has 0 bridgehead atoms. The highest BCUT2D eigenvalue weighted by Crippen LogP contribution is 2.35. The highest BCUT2D eigenvalue weighted by molar-refractivity contribution is 6.31. The summed E-state index contributed by atoms with van der Waals surface area (Å²) in [6.07, 6.45) is 8.08. The third kappa shape index (κ3) is 7.21. The molecule has 0 amide bonds. The normalized spacial score (nSPS) is 18.6. The molecule has 1 aliphatic heterocycles. The minimum Gasteiger partial charge on any atom is -0.395 e. The van der Waals surface area contributed by atoms with Crippen LogP contribution in [0.5, 0.6) is 0 Å². The van der Waals surface area contributed by atoms with Crippen molar-refractivity contribution in [2.45, 2.75) is 70.0 Å². The maximum absolute atomic E-state index is 15.2. The quantitative estimate of drug-likeness (QED) is 0.136. The third-order valence-corrected chi connectivity index (χ3v) is 8.90. The van der Waals surface area contributed by atoms with Crippen LogP contribution in [0.2, 0.25) is 5.02 Å². The zero-order chi connectivity index (χ0) is 31.4. The van der Waals surface area contributed by atoms with E-state index in [-0.39, 0.29) is 17.7 Å². The summed E-state index contributed by atoms with van der Waals surface area (Å²) in [6.45, 7) is 2.47. The second-order valence-electron chi connectivity index (χ2n) is 11.8. The van der Waals surface area contributed by atoms with Crippen molar-refractivity contribution in [1.82, 2.24) is 19.4 Å². The molecule has 6 N–H and O–H groups in total. The number of aromatic amines is 1. The molecule has 1 fully saturated rings. The Morgan fingerprint density at radius 2 is 2.02 bits per heavy atom. The molecule has 5 rings (SSSR count). The van der Waals surface area contributed by atoms with Gasteiger partial charge in [0.1, 0.15) is 5.65 Å². The van der Waals surface area contributed by atoms with E-state index in [4.69, 9.17) is 28.2 Å². The predicted octanol–water partition coefficient (Wildman–Crippen LogP) is 5.11. The molecule has 3 atom stereocenters. The summed E-state index contributed by atoms with van der Waals surface area (Å²) in [4.78, 5) is 27.2. The van der Waals surface area contributed by atoms with Gasteiger partial charge in [0.15, 0.2) is 5.82 Å². The van der Waals surface area contributed by atoms with Gasteiger partial charge in [-0.2, -0.15) is 4.98 Å². The Bertz CT molecular complexity index is 1680. The molecule has 2 aromatic heterocycles. The molecule has 1 unspecified atom stereocenters. The molecular formula is C33H41ClFN7O2. The summed E-state index contributed by atoms with van der Waals surface area (Å²) in [5, 5.41) is 9.86. The summed E-state index contributed by atoms with van der Waals surface area (Å²) in [7, 11) is 2.17. The number of rotatable bonds is 11. The number of aliphatic hydroxyl groups excluding tert-OH is 1. The number of aromatic nitrogens is 3. The molecule has 1 saturated heterocycles. The van der Waals surface area contributed by atoms with Gasteiger partial charge >= 0.3 is 5.69 Å². The number of hydrogen-bond acceptors (Lipinski definition) is 6. The first-order valence-corrected chi connectivity index (χ1v) is 15.6. The molecule has 0 spiro atoms. The van der Waals surface area contributed by atoms with Gasteiger partial charge in [-0.1, -0.05) is 23.7 Å². The van der Waals surface area contributed by atoms with Crippen LogP contribution in [0.1, 0.15) is 62.6 Å². The topological polar surface area (TPSA) is 139 Å². The molecule has 0 aliphatic carbocycles. The number of aliphatic hydroxyl groups is 1. The van der Waals surface area contributed by atoms with Crippen LogP contribution in [-0.4, -0.2) is 62.7 Å². The summed E-state index contributed by atoms with van der Waals surface area (Å²) in [5.74, 6) is 0.0735. The van der Waals surface area contributed by atoms with Crippen molar-refractivity contribution in [2.75, 3.05) is 20.2 Å². The standard InChI is InChI=1S/C33H41ClFN7O2/c1-20(36)38-14-13-25-7-4-8-30(41(25)2)22-9-11-26(12-10-22)42-18-23-17-29(39-32(23)40-33(42)44)27-15-21(16-28(34)31(27)35)5-3-6-24(37)19-43/h9-12,15-18,24-25,30,43H,3-8,13-14,19,37H2,1-2H3,(H2,36,38)(H,39,40,44)/t24?,25-,30-/m0/s1. The van der Waals surface area contributed by atoms with Crippen molar-refractivity contribution in [3.8, 4) is 16.9 Å². The number of nitrogens with zero attached hydrogens (tertiary/aromatic N) is 4. The second kappa shape index (κ2) is 14.0. The molecule has 0 radical (unpaired) electrons. The van der Waals surface area contributed by atoms with Gasteiger partial charge in [0.25, 0.3) is 0 Å². The number of hydrogen-bond donors (Lipinski definition) is 4. The fraction of sp³-hybridized carbons (Fsp3) is 0.424. The van der Waals surface area contributed by atoms with Crippen molar-refractivity contribution in [1.29, 1.82) is 0 Å². The number of H-pyrrole nitrogens is 1. The number of nitrogens with two attached hydrogens (primary N) is 2. The lowest BCUT2D eigenvalue weighted by Crippen LogP contribution is -2.39. The second-order valence-corrected chi connectivity index (χ2v) is 12.2. The fourth-order valence-electron chi connectivity index (χ4n) is 6.18. The summed E-state index contributed by atoms with van der Waals surface area (Å²) in [6, 6.07) is 13.6. The highest BCUT2D eigenvalue weighted by Gasteiger charge is 2.28. The summed E-state index contributed by atoms with van der Waals surface area (Å²) < 4.78 is 16.7. The smallest absolute Gasteiger partial charge is 0.354 e. The van der Waals surface area contributed by atoms with Crippen molar-refractivity contribution < 1.29 is 9.50 Å². The van der Waals surface area contributed by atoms with Crippen LogP contribution in [0, 0.1) is 5.82 Å². The first kappa shape index (κ1) is 31.8. The van der Waals surface area contributed by atoms with Crippen LogP contribution in [0.25, 0.3) is 28.0 Å². The first-order chi connectivity index (χ1) is 21.1. The van der Waals surface area contributed by atoms with E-state index in [0.717, 1.165) is 44.2 Å². The van der Waals surface area contributed by atoms with E-state index in [1.807, 2.05) is 19.1 Å². The summed E-state index contributed by atoms with van der Waals surface area (Å²) in [5.41, 5.74) is 15.0. The number of amidine groups is 1. The van der Waals surface area contributed by atoms with Crippen molar-refractivity contribution in [2.24, 2.45) is 16.5 Å². The Hall–Kier alpha value is -3.57. The Balaban J connectivity index is 1.36. The van der Waals surface area contributed by atoms with Gasteiger partial charge in [0.05, 0.1) is 28.8 Å². The SMILES string of the molecule is CC(N)=NCC[C@@H]1CCC[C@@H](c2ccc(-n3cc4cc(-c5cc(CCCC(N)CO)cc(Cl)c5F)[nH]c4nc3=O)cc2)N1C. The molecule has 3 heterocycles. The van der Waals surface area contributed by atoms with E-state index in [2.05, 4.69) is 39.0 Å². The van der Waals surface area contributed by atoms with Crippen LogP contribution in [0.15, 0.2) is 58.4 Å². The van der Waals surface area contributed by atoms with Crippen LogP contribution in [0.4, 0.5) is 4.39 Å². The molecular weight excluding hydrogens is 581 g/mol. The van der Waals surface area contributed by atoms with Gasteiger partial charge < -0.3 is 21.6 Å². The van der Waals surface area contributed by atoms with E-state index in [0.29, 0.717) is 58.7 Å². The van der Waals surface area contributed by atoms with Crippen molar-refractivity contribution >= 4 is 28.5 Å². The number of aliphatic imine (C=N–C) groups is 1. The van der Waals surface area contributed by atoms with Gasteiger partial charge in [-0.05, 0) is 100 Å². The number of nitrogens with one attached hydrogen (secondary N) is 1. The molecule has 2 aromatic carbocycles. The van der Waals surface area contributed by atoms with Crippen LogP contribution >= 0.6 is 11.6 Å². The molecule has 234 valence electrons. The number of benzene rings is 2. The van der Waals surface area contributed by atoms with E-state index in [9.17, 15) is 4.79 Å². The van der Waals surface area contributed by atoms with Gasteiger partial charge in [-0.3, -0.25) is 14.5 Å². The minimum atomic E-state index is -0.544. The average Bonchev–Trinajstić information content (AvgIpc) is 3.41. The number of fused-ring (bicyclic) bond motifs is 1. The van der Waals surface area contributed by atoms with E-state index in [1.165, 1.54) is 10.1 Å². The lowest BCUT2D eigenvalue weighted by atomic mass is 9.90. The predicted molar refractivity (Wildman–Crippen MR) is 175 cm³/mol. The lowest BCUT2D eigenvalue weighted by Gasteiger charge is -2.40. The van der Waals surface area contributed by atoms with Crippen molar-refractivity contribution in [3.63, 3.8) is 0 Å². The first-order valence-electron chi connectivity index (χ1n) is 15.2. The lowest BCUT2D eigenvalue weighted by molar-refractivity contribution is 0.110. The Morgan fingerprint density at radius 1 is 1.25 bits per heavy atom. The number of piperidine rings is 1. The molecule has 4 aromatic rings. The van der Waals surface area contributed by atoms with Crippen LogP contribution in [0.3, 0.4) is 0 Å². The van der Waals surface area contributed by atoms with E-state index < -0.39 is 11.5 Å². The zero-order valence-corrected chi connectivity index (χ0v) is 26.0. The summed E-state index contributed by atoms with van der Waals surface area (Å²) >= 11 is 6.25. The number of halogens is 2. The van der Waals surface area contributed by atoms with Gasteiger partial charge in [-0.25, -0.2) is 9.18 Å². The third-order valence-electron chi connectivity index (χ3n) is 8.62. The Kier molecular flexibility index (Phi) is 10.2. The van der Waals surface area contributed by atoms with Gasteiger partial charge in [0.2, 0.25) is 0 Å². The fourth-order valence-corrected chi connectivity index (χ4v) is 6.42. The average molecular weight is 622 g/mol. The molecule has 0 saturated carbocycles. The number of likely N-dealkylation sites (tertiary alicyclic amines) is 1. The van der Waals surface area contributed by atoms with E-state index >= 15 is 4.39 Å². The molecule has 44 heavy (non-hydrogen) atoms. The number of aryl methyl sites for hydroxylation is 1. The maximum atomic E-state index is 15.2. The van der Waals surface area contributed by atoms with Gasteiger partial charge in [-0.15, -0.1) is 0 Å². The van der Waals surface area contributed by atoms with Crippen molar-refractivity contribution in [3.05, 3.63) is 81.1 Å². The Labute approximate surface area is 261 Å². The minimum absolute atomic E-state index is 0.0179. The zero-order valence-electron chi connectivity index (χ0n) is 25.3. The van der Waals surface area contributed by atoms with Crippen LogP contribution in [-0.2, 0) is 6.42 Å². The largest absolute Gasteiger partial charge is 0.395 e. The molecule has 1 aliphatic rings. The maximum Gasteiger partial charge on any atom is 0.354 e. The molecule has 9 nitrogen and oxygen atoms in total. The molecule has 11 heteroatoms. The van der Waals surface area contributed by atoms with Gasteiger partial charge in [0, 0.05) is 41.8 Å². The highest BCUT2D eigenvalue weighted by atomic mass is 35.5. The monoisotopic (exact) mass is 621 g/mol. The van der Waals surface area contributed by atoms with E-state index in [1.54, 1.807) is 24.4 Å². The Morgan fingerprint density at radius 3 is 2.75 bits per heavy atom.